The molecule has 1 aliphatic carbocycles. The summed E-state index contributed by atoms with van der Waals surface area (Å²) < 4.78 is 5.19. The van der Waals surface area contributed by atoms with Gasteiger partial charge in [0, 0.05) is 0 Å². The van der Waals surface area contributed by atoms with E-state index in [2.05, 4.69) is 9.97 Å². The van der Waals surface area contributed by atoms with Gasteiger partial charge in [0.25, 0.3) is 5.91 Å². The Kier molecular flexibility index (Phi) is 2.70. The number of benzene rings is 1. The highest BCUT2D eigenvalue weighted by Gasteiger charge is 2.23. The van der Waals surface area contributed by atoms with Gasteiger partial charge in [-0.05, 0) is 37.0 Å². The summed E-state index contributed by atoms with van der Waals surface area (Å²) in [5, 5.41) is 0. The number of nitrogens with two attached hydrogens (primary N) is 1. The predicted octanol–water partition coefficient (Wildman–Crippen LogP) is 1.23. The molecule has 19 heavy (non-hydrogen) atoms. The van der Waals surface area contributed by atoms with Gasteiger partial charge in [-0.15, -0.1) is 0 Å². The van der Waals surface area contributed by atoms with Gasteiger partial charge in [-0.2, -0.15) is 0 Å². The summed E-state index contributed by atoms with van der Waals surface area (Å²) in [7, 11) is 0. The van der Waals surface area contributed by atoms with Crippen LogP contribution in [0.1, 0.15) is 33.8 Å². The molecular formula is C13H13N3O3. The Morgan fingerprint density at radius 2 is 2.21 bits per heavy atom. The Balaban J connectivity index is 1.83. The van der Waals surface area contributed by atoms with E-state index in [4.69, 9.17) is 10.5 Å². The summed E-state index contributed by atoms with van der Waals surface area (Å²) in [6.45, 7) is 0.479. The second-order valence-electron chi connectivity index (χ2n) is 4.72. The first kappa shape index (κ1) is 11.7. The number of amides is 1. The molecule has 6 heteroatoms. The van der Waals surface area contributed by atoms with Gasteiger partial charge in [0.2, 0.25) is 0 Å². The Labute approximate surface area is 109 Å². The number of nitrogens with zero attached hydrogens (tertiary/aromatic N) is 1. The highest BCUT2D eigenvalue weighted by Crippen LogP contribution is 2.29. The molecule has 0 aliphatic heterocycles. The van der Waals surface area contributed by atoms with Gasteiger partial charge in [-0.25, -0.2) is 9.78 Å². The minimum absolute atomic E-state index is 0.0819. The Bertz CT molecular complexity index is 658. The van der Waals surface area contributed by atoms with Crippen LogP contribution in [0.25, 0.3) is 11.0 Å². The second kappa shape index (κ2) is 4.38. The molecule has 0 atom stereocenters. The molecular weight excluding hydrogens is 246 g/mol. The van der Waals surface area contributed by atoms with Crippen LogP contribution < -0.4 is 5.73 Å². The summed E-state index contributed by atoms with van der Waals surface area (Å²) in [5.74, 6) is -0.377. The molecule has 1 fully saturated rings. The number of primary amides is 1. The topological polar surface area (TPSA) is 98.1 Å². The Morgan fingerprint density at radius 3 is 2.89 bits per heavy atom. The molecule has 1 saturated carbocycles. The van der Waals surface area contributed by atoms with Crippen LogP contribution in [-0.4, -0.2) is 28.5 Å². The Morgan fingerprint density at radius 1 is 1.42 bits per heavy atom. The molecule has 1 amide bonds. The number of carbonyl (C=O) groups is 2. The standard InChI is InChI=1S/C13H13N3O3/c14-11(17)12-15-9-4-3-8(5-10(9)16-12)13(18)19-6-7-1-2-7/h3-5,7H,1-2,6H2,(H2,14,17)(H,15,16). The van der Waals surface area contributed by atoms with Crippen molar-refractivity contribution in [1.29, 1.82) is 0 Å². The number of ether oxygens (including phenoxy) is 1. The normalized spacial score (nSPS) is 14.5. The van der Waals surface area contributed by atoms with Crippen molar-refractivity contribution in [3.63, 3.8) is 0 Å². The molecule has 0 spiro atoms. The summed E-state index contributed by atoms with van der Waals surface area (Å²) in [4.78, 5) is 29.6. The SMILES string of the molecule is NC(=O)c1nc2ccc(C(=O)OCC3CC3)cc2[nH]1. The maximum Gasteiger partial charge on any atom is 0.338 e. The van der Waals surface area contributed by atoms with E-state index >= 15 is 0 Å². The van der Waals surface area contributed by atoms with Crippen molar-refractivity contribution in [2.45, 2.75) is 12.8 Å². The summed E-state index contributed by atoms with van der Waals surface area (Å²) in [5.41, 5.74) is 6.76. The maximum absolute atomic E-state index is 11.8. The van der Waals surface area contributed by atoms with Crippen molar-refractivity contribution in [1.82, 2.24) is 9.97 Å². The molecule has 0 radical (unpaired) electrons. The van der Waals surface area contributed by atoms with Crippen molar-refractivity contribution in [2.75, 3.05) is 6.61 Å². The van der Waals surface area contributed by atoms with Crippen LogP contribution in [0.15, 0.2) is 18.2 Å². The number of carbonyl (C=O) groups excluding carboxylic acids is 2. The lowest BCUT2D eigenvalue weighted by molar-refractivity contribution is 0.0486. The van der Waals surface area contributed by atoms with Gasteiger partial charge in [-0.3, -0.25) is 4.79 Å². The molecule has 0 bridgehead atoms. The van der Waals surface area contributed by atoms with Gasteiger partial charge >= 0.3 is 5.97 Å². The fourth-order valence-electron chi connectivity index (χ4n) is 1.81. The number of rotatable bonds is 4. The minimum atomic E-state index is -0.631. The van der Waals surface area contributed by atoms with Crippen molar-refractivity contribution in [3.05, 3.63) is 29.6 Å². The van der Waals surface area contributed by atoms with Crippen molar-refractivity contribution < 1.29 is 14.3 Å². The van der Waals surface area contributed by atoms with E-state index < -0.39 is 5.91 Å². The fourth-order valence-corrected chi connectivity index (χ4v) is 1.81. The van der Waals surface area contributed by atoms with E-state index in [1.165, 1.54) is 0 Å². The van der Waals surface area contributed by atoms with Crippen LogP contribution >= 0.6 is 0 Å². The van der Waals surface area contributed by atoms with Crippen LogP contribution in [0.3, 0.4) is 0 Å². The van der Waals surface area contributed by atoms with E-state index in [9.17, 15) is 9.59 Å². The van der Waals surface area contributed by atoms with E-state index in [0.717, 1.165) is 12.8 Å². The number of hydrogen-bond acceptors (Lipinski definition) is 4. The zero-order valence-electron chi connectivity index (χ0n) is 10.2. The smallest absolute Gasteiger partial charge is 0.338 e. The summed E-state index contributed by atoms with van der Waals surface area (Å²) >= 11 is 0. The predicted molar refractivity (Wildman–Crippen MR) is 67.6 cm³/mol. The van der Waals surface area contributed by atoms with Crippen molar-refractivity contribution in [2.24, 2.45) is 11.7 Å². The molecule has 0 unspecified atom stereocenters. The number of aromatic nitrogens is 2. The van der Waals surface area contributed by atoms with E-state index in [0.29, 0.717) is 29.1 Å². The van der Waals surface area contributed by atoms with Crippen LogP contribution in [0.4, 0.5) is 0 Å². The number of nitrogens with one attached hydrogen (secondary N) is 1. The van der Waals surface area contributed by atoms with Gasteiger partial charge in [0.05, 0.1) is 23.2 Å². The third kappa shape index (κ3) is 2.42. The first-order valence-electron chi connectivity index (χ1n) is 6.10. The van der Waals surface area contributed by atoms with Gasteiger partial charge in [0.15, 0.2) is 5.82 Å². The summed E-state index contributed by atoms with van der Waals surface area (Å²) in [6.07, 6.45) is 2.27. The van der Waals surface area contributed by atoms with Crippen LogP contribution in [0.5, 0.6) is 0 Å². The molecule has 0 saturated heterocycles. The number of aromatic amines is 1. The number of H-pyrrole nitrogens is 1. The van der Waals surface area contributed by atoms with Crippen LogP contribution in [-0.2, 0) is 4.74 Å². The first-order chi connectivity index (χ1) is 9.13. The minimum Gasteiger partial charge on any atom is -0.462 e. The molecule has 3 rings (SSSR count). The second-order valence-corrected chi connectivity index (χ2v) is 4.72. The number of fused-ring (bicyclic) bond motifs is 1. The molecule has 1 aromatic heterocycles. The molecule has 3 N–H and O–H groups in total. The van der Waals surface area contributed by atoms with E-state index in [1.807, 2.05) is 0 Å². The lowest BCUT2D eigenvalue weighted by atomic mass is 10.2. The highest BCUT2D eigenvalue weighted by atomic mass is 16.5. The van der Waals surface area contributed by atoms with Crippen molar-refractivity contribution in [3.8, 4) is 0 Å². The average Bonchev–Trinajstić information content (AvgIpc) is 3.12. The number of esters is 1. The van der Waals surface area contributed by atoms with Crippen molar-refractivity contribution >= 4 is 22.9 Å². The van der Waals surface area contributed by atoms with E-state index in [1.54, 1.807) is 18.2 Å². The lowest BCUT2D eigenvalue weighted by Gasteiger charge is -2.03. The lowest BCUT2D eigenvalue weighted by Crippen LogP contribution is -2.12. The van der Waals surface area contributed by atoms with Crippen LogP contribution in [0, 0.1) is 5.92 Å². The van der Waals surface area contributed by atoms with Crippen LogP contribution in [0.2, 0.25) is 0 Å². The largest absolute Gasteiger partial charge is 0.462 e. The zero-order chi connectivity index (χ0) is 13.4. The molecule has 1 aliphatic rings. The average molecular weight is 259 g/mol. The molecule has 6 nitrogen and oxygen atoms in total. The highest BCUT2D eigenvalue weighted by molar-refractivity contribution is 5.96. The monoisotopic (exact) mass is 259 g/mol. The van der Waals surface area contributed by atoms with E-state index in [-0.39, 0.29) is 11.8 Å². The quantitative estimate of drug-likeness (QED) is 0.807. The van der Waals surface area contributed by atoms with Gasteiger partial charge in [0.1, 0.15) is 0 Å². The van der Waals surface area contributed by atoms with Gasteiger partial charge < -0.3 is 15.5 Å². The molecule has 2 aromatic rings. The number of imidazole rings is 1. The maximum atomic E-state index is 11.8. The van der Waals surface area contributed by atoms with Gasteiger partial charge in [-0.1, -0.05) is 0 Å². The molecule has 1 aromatic carbocycles. The third-order valence-electron chi connectivity index (χ3n) is 3.10. The molecule has 98 valence electrons. The number of hydrogen-bond donors (Lipinski definition) is 2. The summed E-state index contributed by atoms with van der Waals surface area (Å²) in [6, 6.07) is 4.90. The zero-order valence-corrected chi connectivity index (χ0v) is 10.2. The fraction of sp³-hybridized carbons (Fsp3) is 0.308. The third-order valence-corrected chi connectivity index (χ3v) is 3.10. The Hall–Kier alpha value is -2.37. The molecule has 1 heterocycles. The first-order valence-corrected chi connectivity index (χ1v) is 6.10.